The standard InChI is InChI=1S/C19H29ClN6O/c1-4-18-25-23-14-26(18)12-11-22-19(21-10-5-13-27-3)24-15(2)16-6-8-17(20)9-7-16/h6-9,14-15H,4-5,10-13H2,1-3H3,(H2,21,22,24). The molecule has 0 bridgehead atoms. The van der Waals surface area contributed by atoms with Gasteiger partial charge in [-0.1, -0.05) is 30.7 Å². The van der Waals surface area contributed by atoms with Gasteiger partial charge < -0.3 is 19.9 Å². The Labute approximate surface area is 166 Å². The number of aromatic nitrogens is 3. The molecule has 1 atom stereocenters. The molecule has 1 heterocycles. The molecule has 1 aromatic heterocycles. The van der Waals surface area contributed by atoms with E-state index in [4.69, 9.17) is 16.3 Å². The van der Waals surface area contributed by atoms with Gasteiger partial charge in [0.05, 0.1) is 6.04 Å². The summed E-state index contributed by atoms with van der Waals surface area (Å²) in [6, 6.07) is 7.95. The topological polar surface area (TPSA) is 76.4 Å². The quantitative estimate of drug-likeness (QED) is 0.369. The van der Waals surface area contributed by atoms with Crippen LogP contribution >= 0.6 is 11.6 Å². The maximum atomic E-state index is 5.98. The first-order valence-corrected chi connectivity index (χ1v) is 9.67. The van der Waals surface area contributed by atoms with Crippen molar-refractivity contribution in [3.63, 3.8) is 0 Å². The first-order chi connectivity index (χ1) is 13.1. The number of nitrogens with one attached hydrogen (secondary N) is 2. The first-order valence-electron chi connectivity index (χ1n) is 9.30. The molecule has 0 saturated carbocycles. The third-order valence-electron chi connectivity index (χ3n) is 4.16. The lowest BCUT2D eigenvalue weighted by Crippen LogP contribution is -2.40. The van der Waals surface area contributed by atoms with Gasteiger partial charge in [0.1, 0.15) is 12.2 Å². The molecular formula is C19H29ClN6O. The number of guanidine groups is 1. The number of aryl methyl sites for hydroxylation is 1. The van der Waals surface area contributed by atoms with Crippen molar-refractivity contribution >= 4 is 17.6 Å². The van der Waals surface area contributed by atoms with Crippen LogP contribution in [0.25, 0.3) is 0 Å². The highest BCUT2D eigenvalue weighted by atomic mass is 35.5. The van der Waals surface area contributed by atoms with E-state index in [1.54, 1.807) is 13.4 Å². The predicted molar refractivity (Wildman–Crippen MR) is 109 cm³/mol. The summed E-state index contributed by atoms with van der Waals surface area (Å²) in [7, 11) is 1.70. The highest BCUT2D eigenvalue weighted by molar-refractivity contribution is 6.30. The molecule has 0 amide bonds. The van der Waals surface area contributed by atoms with Crippen molar-refractivity contribution in [3.8, 4) is 0 Å². The second-order valence-electron chi connectivity index (χ2n) is 6.22. The molecular weight excluding hydrogens is 364 g/mol. The lowest BCUT2D eigenvalue weighted by molar-refractivity contribution is 0.197. The van der Waals surface area contributed by atoms with Gasteiger partial charge in [-0.15, -0.1) is 10.2 Å². The van der Waals surface area contributed by atoms with Crippen LogP contribution < -0.4 is 10.6 Å². The molecule has 0 radical (unpaired) electrons. The summed E-state index contributed by atoms with van der Waals surface area (Å²) in [5.74, 6) is 1.76. The fraction of sp³-hybridized carbons (Fsp3) is 0.526. The SMILES string of the molecule is CCc1nncn1CCNC(=NCCCOC)NC(C)c1ccc(Cl)cc1. The highest BCUT2D eigenvalue weighted by Crippen LogP contribution is 2.15. The number of ether oxygens (including phenoxy) is 1. The summed E-state index contributed by atoms with van der Waals surface area (Å²) < 4.78 is 7.15. The minimum absolute atomic E-state index is 0.108. The normalized spacial score (nSPS) is 12.8. The molecule has 0 aliphatic rings. The van der Waals surface area contributed by atoms with E-state index in [1.165, 1.54) is 0 Å². The average Bonchev–Trinajstić information content (AvgIpc) is 3.13. The molecule has 0 fully saturated rings. The number of aliphatic imine (C=N–C) groups is 1. The molecule has 1 unspecified atom stereocenters. The van der Waals surface area contributed by atoms with Crippen molar-refractivity contribution < 1.29 is 4.74 Å². The minimum atomic E-state index is 0.108. The number of hydrogen-bond donors (Lipinski definition) is 2. The van der Waals surface area contributed by atoms with E-state index in [-0.39, 0.29) is 6.04 Å². The van der Waals surface area contributed by atoms with Gasteiger partial charge in [-0.3, -0.25) is 4.99 Å². The van der Waals surface area contributed by atoms with E-state index in [2.05, 4.69) is 44.2 Å². The Morgan fingerprint density at radius 1 is 1.33 bits per heavy atom. The van der Waals surface area contributed by atoms with Crippen molar-refractivity contribution in [1.82, 2.24) is 25.4 Å². The summed E-state index contributed by atoms with van der Waals surface area (Å²) >= 11 is 5.98. The Morgan fingerprint density at radius 2 is 2.11 bits per heavy atom. The fourth-order valence-corrected chi connectivity index (χ4v) is 2.75. The second kappa shape index (κ2) is 11.6. The summed E-state index contributed by atoms with van der Waals surface area (Å²) in [6.07, 6.45) is 3.51. The highest BCUT2D eigenvalue weighted by Gasteiger charge is 2.08. The van der Waals surface area contributed by atoms with Crippen LogP contribution in [0.3, 0.4) is 0 Å². The van der Waals surface area contributed by atoms with E-state index in [9.17, 15) is 0 Å². The minimum Gasteiger partial charge on any atom is -0.385 e. The molecule has 8 heteroatoms. The van der Waals surface area contributed by atoms with Crippen LogP contribution in [0.5, 0.6) is 0 Å². The summed E-state index contributed by atoms with van der Waals surface area (Å²) in [6.45, 7) is 7.09. The van der Waals surface area contributed by atoms with E-state index in [0.717, 1.165) is 48.3 Å². The lowest BCUT2D eigenvalue weighted by Gasteiger charge is -2.19. The molecule has 0 aliphatic heterocycles. The summed E-state index contributed by atoms with van der Waals surface area (Å²) in [5.41, 5.74) is 1.15. The Bertz CT molecular complexity index is 700. The third kappa shape index (κ3) is 7.19. The molecule has 2 aromatic rings. The first kappa shape index (κ1) is 21.2. The zero-order chi connectivity index (χ0) is 19.5. The Kier molecular flexibility index (Phi) is 9.07. The number of hydrogen-bond acceptors (Lipinski definition) is 4. The van der Waals surface area contributed by atoms with Crippen LogP contribution in [-0.4, -0.2) is 47.5 Å². The van der Waals surface area contributed by atoms with Gasteiger partial charge in [0.2, 0.25) is 0 Å². The molecule has 0 saturated heterocycles. The van der Waals surface area contributed by atoms with Gasteiger partial charge in [0.15, 0.2) is 5.96 Å². The maximum absolute atomic E-state index is 5.98. The van der Waals surface area contributed by atoms with Crippen molar-refractivity contribution in [3.05, 3.63) is 47.0 Å². The van der Waals surface area contributed by atoms with Gasteiger partial charge in [-0.05, 0) is 31.0 Å². The van der Waals surface area contributed by atoms with Crippen LogP contribution in [0.2, 0.25) is 5.02 Å². The average molecular weight is 393 g/mol. The van der Waals surface area contributed by atoms with Crippen LogP contribution in [0, 0.1) is 0 Å². The van der Waals surface area contributed by atoms with Gasteiger partial charge in [-0.2, -0.15) is 0 Å². The van der Waals surface area contributed by atoms with Gasteiger partial charge in [0.25, 0.3) is 0 Å². The van der Waals surface area contributed by atoms with Crippen molar-refractivity contribution in [1.29, 1.82) is 0 Å². The largest absolute Gasteiger partial charge is 0.385 e. The van der Waals surface area contributed by atoms with E-state index in [0.29, 0.717) is 13.2 Å². The summed E-state index contributed by atoms with van der Waals surface area (Å²) in [4.78, 5) is 4.65. The van der Waals surface area contributed by atoms with Crippen LogP contribution in [0.4, 0.5) is 0 Å². The van der Waals surface area contributed by atoms with E-state index >= 15 is 0 Å². The molecule has 148 valence electrons. The molecule has 2 rings (SSSR count). The molecule has 0 spiro atoms. The third-order valence-corrected chi connectivity index (χ3v) is 4.41. The smallest absolute Gasteiger partial charge is 0.191 e. The lowest BCUT2D eigenvalue weighted by atomic mass is 10.1. The molecule has 27 heavy (non-hydrogen) atoms. The Balaban J connectivity index is 1.94. The predicted octanol–water partition coefficient (Wildman–Crippen LogP) is 2.83. The van der Waals surface area contributed by atoms with Crippen LogP contribution in [0.15, 0.2) is 35.6 Å². The van der Waals surface area contributed by atoms with Gasteiger partial charge in [0, 0.05) is 44.8 Å². The van der Waals surface area contributed by atoms with Gasteiger partial charge in [-0.25, -0.2) is 0 Å². The number of benzene rings is 1. The van der Waals surface area contributed by atoms with Gasteiger partial charge >= 0.3 is 0 Å². The van der Waals surface area contributed by atoms with Crippen molar-refractivity contribution in [2.45, 2.75) is 39.3 Å². The van der Waals surface area contributed by atoms with Crippen LogP contribution in [-0.2, 0) is 17.7 Å². The molecule has 2 N–H and O–H groups in total. The zero-order valence-corrected chi connectivity index (χ0v) is 17.0. The van der Waals surface area contributed by atoms with E-state index < -0.39 is 0 Å². The fourth-order valence-electron chi connectivity index (χ4n) is 2.63. The van der Waals surface area contributed by atoms with E-state index in [1.807, 2.05) is 24.3 Å². The van der Waals surface area contributed by atoms with Crippen molar-refractivity contribution in [2.24, 2.45) is 4.99 Å². The van der Waals surface area contributed by atoms with Crippen molar-refractivity contribution in [2.75, 3.05) is 26.8 Å². The number of nitrogens with zero attached hydrogens (tertiary/aromatic N) is 4. The Hall–Kier alpha value is -2.12. The molecule has 7 nitrogen and oxygen atoms in total. The number of methoxy groups -OCH3 is 1. The maximum Gasteiger partial charge on any atom is 0.191 e. The second-order valence-corrected chi connectivity index (χ2v) is 6.65. The molecule has 0 aliphatic carbocycles. The Morgan fingerprint density at radius 3 is 2.81 bits per heavy atom. The number of rotatable bonds is 10. The van der Waals surface area contributed by atoms with Crippen LogP contribution in [0.1, 0.15) is 37.7 Å². The number of halogens is 1. The zero-order valence-electron chi connectivity index (χ0n) is 16.3. The summed E-state index contributed by atoms with van der Waals surface area (Å²) in [5, 5.41) is 15.7. The molecule has 1 aromatic carbocycles. The monoisotopic (exact) mass is 392 g/mol.